The number of rotatable bonds is 0. The molecule has 0 spiro atoms. The van der Waals surface area contributed by atoms with E-state index >= 15 is 0 Å². The Morgan fingerprint density at radius 1 is 1.15 bits per heavy atom. The van der Waals surface area contributed by atoms with Gasteiger partial charge in [-0.1, -0.05) is 24.3 Å². The summed E-state index contributed by atoms with van der Waals surface area (Å²) < 4.78 is 5.34. The van der Waals surface area contributed by atoms with Gasteiger partial charge in [-0.05, 0) is 12.1 Å². The van der Waals surface area contributed by atoms with Crippen LogP contribution in [0.2, 0.25) is 0 Å². The molecule has 0 saturated carbocycles. The van der Waals surface area contributed by atoms with Crippen LogP contribution in [0, 0.1) is 0 Å². The third kappa shape index (κ3) is 4.17. The summed E-state index contributed by atoms with van der Waals surface area (Å²) in [6, 6.07) is 8.03. The molecule has 0 atom stereocenters. The molecule has 1 aliphatic heterocycles. The molecule has 1 nitrogen and oxygen atoms in total. The molecule has 0 unspecified atom stereocenters. The van der Waals surface area contributed by atoms with Gasteiger partial charge in [0.1, 0.15) is 12.4 Å². The number of fused-ring (bicyclic) bond motifs is 1. The molecule has 1 heterocycles. The molecule has 13 heavy (non-hydrogen) atoms. The molecule has 1 aliphatic rings. The quantitative estimate of drug-likeness (QED) is 0.537. The zero-order valence-electron chi connectivity index (χ0n) is 6.84. The van der Waals surface area contributed by atoms with Crippen LogP contribution in [0.3, 0.4) is 0 Å². The van der Waals surface area contributed by atoms with Crippen molar-refractivity contribution >= 4 is 6.08 Å². The monoisotopic (exact) mass is 465 g/mol. The number of benzene rings is 1. The van der Waals surface area contributed by atoms with E-state index in [1.54, 1.807) is 0 Å². The standard InChI is InChI=1S/C9H8O.Mo.V.W/c1-2-6-9-8(4-1)5-3-7-10-9;;;/h1-6H,7H2;;;. The van der Waals surface area contributed by atoms with Crippen LogP contribution in [0.25, 0.3) is 6.08 Å². The molecular formula is C9H8MoOVW. The van der Waals surface area contributed by atoms with E-state index in [2.05, 4.69) is 6.08 Å². The molecule has 0 amide bonds. The number of hydrogen-bond donors (Lipinski definition) is 0. The first-order valence-corrected chi connectivity index (χ1v) is 3.35. The van der Waals surface area contributed by atoms with Gasteiger partial charge in [-0.25, -0.2) is 0 Å². The second-order valence-corrected chi connectivity index (χ2v) is 2.25. The molecule has 0 aromatic heterocycles. The van der Waals surface area contributed by atoms with Crippen LogP contribution in [0.1, 0.15) is 5.56 Å². The van der Waals surface area contributed by atoms with Crippen molar-refractivity contribution < 1.29 is 65.4 Å². The van der Waals surface area contributed by atoms with Crippen molar-refractivity contribution in [2.45, 2.75) is 0 Å². The van der Waals surface area contributed by atoms with Gasteiger partial charge in [0.2, 0.25) is 0 Å². The van der Waals surface area contributed by atoms with Gasteiger partial charge in [-0.2, -0.15) is 0 Å². The molecular weight excluding hydrogens is 455 g/mol. The first kappa shape index (κ1) is 16.2. The van der Waals surface area contributed by atoms with E-state index in [1.165, 1.54) is 5.56 Å². The maximum Gasteiger partial charge on any atom is 0.126 e. The van der Waals surface area contributed by atoms with Crippen molar-refractivity contribution in [1.82, 2.24) is 0 Å². The largest absolute Gasteiger partial charge is 0.489 e. The Labute approximate surface area is 119 Å². The summed E-state index contributed by atoms with van der Waals surface area (Å²) in [5, 5.41) is 0. The fraction of sp³-hybridized carbons (Fsp3) is 0.111. The summed E-state index contributed by atoms with van der Waals surface area (Å²) in [6.07, 6.45) is 4.10. The Hall–Kier alpha value is 0.721. The van der Waals surface area contributed by atoms with Crippen molar-refractivity contribution in [3.63, 3.8) is 0 Å². The van der Waals surface area contributed by atoms with E-state index in [-0.39, 0.29) is 60.7 Å². The summed E-state index contributed by atoms with van der Waals surface area (Å²) in [5.41, 5.74) is 1.17. The molecule has 67 valence electrons. The fourth-order valence-corrected chi connectivity index (χ4v) is 1.06. The summed E-state index contributed by atoms with van der Waals surface area (Å²) in [5.74, 6) is 0.991. The minimum Gasteiger partial charge on any atom is -0.489 e. The molecule has 0 saturated heterocycles. The Kier molecular flexibility index (Phi) is 10.0. The SMILES string of the molecule is C1=Cc2ccccc2OC1.[Mo].[V].[W]. The van der Waals surface area contributed by atoms with Crippen LogP contribution in [0.5, 0.6) is 5.75 Å². The van der Waals surface area contributed by atoms with Crippen molar-refractivity contribution in [3.05, 3.63) is 35.9 Å². The van der Waals surface area contributed by atoms with Crippen LogP contribution in [-0.2, 0) is 60.7 Å². The van der Waals surface area contributed by atoms with Crippen molar-refractivity contribution in [1.29, 1.82) is 0 Å². The van der Waals surface area contributed by atoms with Crippen LogP contribution in [0.15, 0.2) is 30.3 Å². The number of hydrogen-bond acceptors (Lipinski definition) is 1. The minimum absolute atomic E-state index is 0. The maximum absolute atomic E-state index is 5.34. The fourth-order valence-electron chi connectivity index (χ4n) is 1.06. The smallest absolute Gasteiger partial charge is 0.126 e. The van der Waals surface area contributed by atoms with Gasteiger partial charge in [0.05, 0.1) is 0 Å². The first-order valence-electron chi connectivity index (χ1n) is 3.35. The molecule has 0 aliphatic carbocycles. The molecule has 0 N–H and O–H groups in total. The van der Waals surface area contributed by atoms with Crippen molar-refractivity contribution in [3.8, 4) is 5.75 Å². The summed E-state index contributed by atoms with van der Waals surface area (Å²) in [7, 11) is 0. The topological polar surface area (TPSA) is 9.23 Å². The predicted octanol–water partition coefficient (Wildman–Crippen LogP) is 2.08. The molecule has 1 radical (unpaired) electrons. The average Bonchev–Trinajstić information content (AvgIpc) is 2.05. The normalized spacial score (nSPS) is 10.8. The van der Waals surface area contributed by atoms with E-state index in [4.69, 9.17) is 4.74 Å². The third-order valence-electron chi connectivity index (χ3n) is 1.55. The summed E-state index contributed by atoms with van der Waals surface area (Å²) >= 11 is 0. The third-order valence-corrected chi connectivity index (χ3v) is 1.55. The van der Waals surface area contributed by atoms with Gasteiger partial charge >= 0.3 is 0 Å². The molecule has 0 bridgehead atoms. The van der Waals surface area contributed by atoms with Crippen LogP contribution in [-0.4, -0.2) is 6.61 Å². The molecule has 1 aromatic rings. The summed E-state index contributed by atoms with van der Waals surface area (Å²) in [6.45, 7) is 0.705. The van der Waals surface area contributed by atoms with Gasteiger partial charge in [0, 0.05) is 66.2 Å². The Morgan fingerprint density at radius 3 is 2.54 bits per heavy atom. The Balaban J connectivity index is 0. The Morgan fingerprint density at radius 2 is 1.85 bits per heavy atom. The van der Waals surface area contributed by atoms with Gasteiger partial charge < -0.3 is 4.74 Å². The van der Waals surface area contributed by atoms with E-state index in [1.807, 2.05) is 30.3 Å². The molecule has 2 rings (SSSR count). The van der Waals surface area contributed by atoms with E-state index in [0.29, 0.717) is 6.61 Å². The average molecular weight is 463 g/mol. The number of ether oxygens (including phenoxy) is 1. The molecule has 0 fully saturated rings. The zero-order valence-corrected chi connectivity index (χ0v) is 13.2. The first-order chi connectivity index (χ1) is 4.97. The van der Waals surface area contributed by atoms with Crippen molar-refractivity contribution in [2.75, 3.05) is 6.61 Å². The molecule has 1 aromatic carbocycles. The van der Waals surface area contributed by atoms with E-state index < -0.39 is 0 Å². The van der Waals surface area contributed by atoms with Gasteiger partial charge in [0.25, 0.3) is 0 Å². The van der Waals surface area contributed by atoms with Crippen LogP contribution < -0.4 is 4.74 Å². The van der Waals surface area contributed by atoms with Gasteiger partial charge in [0.15, 0.2) is 0 Å². The minimum atomic E-state index is 0. The van der Waals surface area contributed by atoms with Gasteiger partial charge in [-0.3, -0.25) is 0 Å². The second-order valence-electron chi connectivity index (χ2n) is 2.25. The predicted molar refractivity (Wildman–Crippen MR) is 41.0 cm³/mol. The van der Waals surface area contributed by atoms with E-state index in [9.17, 15) is 0 Å². The van der Waals surface area contributed by atoms with Crippen LogP contribution in [0.4, 0.5) is 0 Å². The van der Waals surface area contributed by atoms with E-state index in [0.717, 1.165) is 5.75 Å². The number of para-hydroxylation sites is 1. The Bertz CT molecular complexity index is 278. The second kappa shape index (κ2) is 8.06. The van der Waals surface area contributed by atoms with Crippen molar-refractivity contribution in [2.24, 2.45) is 0 Å². The maximum atomic E-state index is 5.34. The van der Waals surface area contributed by atoms with Crippen LogP contribution >= 0.6 is 0 Å². The van der Waals surface area contributed by atoms with Gasteiger partial charge in [-0.15, -0.1) is 0 Å². The molecule has 4 heteroatoms. The zero-order chi connectivity index (χ0) is 6.81. The summed E-state index contributed by atoms with van der Waals surface area (Å²) in [4.78, 5) is 0.